The summed E-state index contributed by atoms with van der Waals surface area (Å²) in [5.41, 5.74) is 2.81. The number of hydrogen-bond acceptors (Lipinski definition) is 5. The predicted octanol–water partition coefficient (Wildman–Crippen LogP) is 2.81. The first kappa shape index (κ1) is 25.3. The second-order valence-electron chi connectivity index (χ2n) is 11.8. The fraction of sp³-hybridized carbons (Fsp3) is 0.536. The third-order valence-corrected chi connectivity index (χ3v) is 7.71. The van der Waals surface area contributed by atoms with Crippen LogP contribution in [-0.4, -0.2) is 62.8 Å². The van der Waals surface area contributed by atoms with Gasteiger partial charge in [0.2, 0.25) is 5.78 Å². The van der Waals surface area contributed by atoms with E-state index in [9.17, 15) is 23.6 Å². The zero-order valence-electron chi connectivity index (χ0n) is 21.6. The van der Waals surface area contributed by atoms with Gasteiger partial charge in [0.25, 0.3) is 17.4 Å². The van der Waals surface area contributed by atoms with Crippen LogP contribution in [0.5, 0.6) is 0 Å². The maximum Gasteiger partial charge on any atom is 0.290 e. The van der Waals surface area contributed by atoms with E-state index in [-0.39, 0.29) is 41.6 Å². The Labute approximate surface area is 215 Å². The highest BCUT2D eigenvalue weighted by molar-refractivity contribution is 6.36. The summed E-state index contributed by atoms with van der Waals surface area (Å²) in [7, 11) is 0. The van der Waals surface area contributed by atoms with Crippen LogP contribution < -0.4 is 5.56 Å². The summed E-state index contributed by atoms with van der Waals surface area (Å²) in [6, 6.07) is 4.05. The van der Waals surface area contributed by atoms with E-state index in [2.05, 4.69) is 10.2 Å². The smallest absolute Gasteiger partial charge is 0.290 e. The normalized spacial score (nSPS) is 20.8. The van der Waals surface area contributed by atoms with E-state index in [0.717, 1.165) is 48.1 Å². The summed E-state index contributed by atoms with van der Waals surface area (Å²) in [6.45, 7) is 6.33. The van der Waals surface area contributed by atoms with Crippen LogP contribution in [0, 0.1) is 11.2 Å². The Morgan fingerprint density at radius 2 is 1.73 bits per heavy atom. The Kier molecular flexibility index (Phi) is 6.50. The van der Waals surface area contributed by atoms with E-state index >= 15 is 0 Å². The number of benzene rings is 1. The Morgan fingerprint density at radius 3 is 2.41 bits per heavy atom. The third kappa shape index (κ3) is 4.95. The SMILES string of the molecule is CC(C)(C)CC(=O)C(=O)N1C[C@@H]2C[C@@H]1CN2C(=O)c1cc(Cc2n[nH]c(=O)c3c2CCCC3)ccc1F. The van der Waals surface area contributed by atoms with Crippen LogP contribution >= 0.6 is 0 Å². The molecular formula is C28H33FN4O4. The van der Waals surface area contributed by atoms with Crippen molar-refractivity contribution >= 4 is 17.6 Å². The van der Waals surface area contributed by atoms with Crippen LogP contribution in [0.25, 0.3) is 0 Å². The van der Waals surface area contributed by atoms with Crippen molar-refractivity contribution in [2.24, 2.45) is 5.41 Å². The third-order valence-electron chi connectivity index (χ3n) is 7.71. The van der Waals surface area contributed by atoms with Crippen molar-refractivity contribution in [1.29, 1.82) is 0 Å². The number of piperazine rings is 1. The molecule has 37 heavy (non-hydrogen) atoms. The van der Waals surface area contributed by atoms with E-state index in [1.165, 1.54) is 6.07 Å². The topological polar surface area (TPSA) is 103 Å². The summed E-state index contributed by atoms with van der Waals surface area (Å²) in [5, 5.41) is 6.84. The van der Waals surface area contributed by atoms with Gasteiger partial charge in [-0.2, -0.15) is 5.10 Å². The van der Waals surface area contributed by atoms with E-state index in [4.69, 9.17) is 0 Å². The summed E-state index contributed by atoms with van der Waals surface area (Å²) >= 11 is 0. The molecule has 2 fully saturated rings. The fourth-order valence-electron chi connectivity index (χ4n) is 5.95. The average Bonchev–Trinajstić information content (AvgIpc) is 3.46. The number of ketones is 1. The maximum atomic E-state index is 14.8. The molecule has 3 heterocycles. The minimum atomic E-state index is -0.596. The van der Waals surface area contributed by atoms with Crippen LogP contribution in [-0.2, 0) is 28.9 Å². The Hall–Kier alpha value is -3.36. The lowest BCUT2D eigenvalue weighted by atomic mass is 9.89. The molecule has 9 heteroatoms. The molecule has 8 nitrogen and oxygen atoms in total. The standard InChI is InChI=1S/C28H33FN4O4/c1-28(2,3)13-24(34)27(37)33-15-17-12-18(33)14-32(17)26(36)21-10-16(8-9-22(21)29)11-23-19-6-4-5-7-20(19)25(35)31-30-23/h8-10,17-18H,4-7,11-15H2,1-3H3,(H,31,35)/t17-,18+/m0/s1. The highest BCUT2D eigenvalue weighted by Gasteiger charge is 2.48. The summed E-state index contributed by atoms with van der Waals surface area (Å²) in [5.74, 6) is -1.90. The number of H-pyrrole nitrogens is 1. The van der Waals surface area contributed by atoms with Crippen molar-refractivity contribution < 1.29 is 18.8 Å². The first-order valence-corrected chi connectivity index (χ1v) is 13.0. The molecule has 2 saturated heterocycles. The monoisotopic (exact) mass is 508 g/mol. The van der Waals surface area contributed by atoms with Crippen LogP contribution in [0.2, 0.25) is 0 Å². The minimum Gasteiger partial charge on any atom is -0.332 e. The Morgan fingerprint density at radius 1 is 1.05 bits per heavy atom. The molecule has 1 aromatic carbocycles. The molecule has 1 aliphatic carbocycles. The van der Waals surface area contributed by atoms with Crippen molar-refractivity contribution in [3.63, 3.8) is 0 Å². The average molecular weight is 509 g/mol. The molecule has 2 aliphatic heterocycles. The molecule has 0 saturated carbocycles. The summed E-state index contributed by atoms with van der Waals surface area (Å²) in [6.07, 6.45) is 4.65. The molecule has 1 aromatic heterocycles. The number of Topliss-reactive ketones (excluding diaryl/α,β-unsaturated/α-hetero) is 1. The van der Waals surface area contributed by atoms with Gasteiger partial charge in [-0.05, 0) is 60.8 Å². The largest absolute Gasteiger partial charge is 0.332 e. The van der Waals surface area contributed by atoms with Gasteiger partial charge in [-0.1, -0.05) is 26.8 Å². The molecule has 2 aromatic rings. The quantitative estimate of drug-likeness (QED) is 0.626. The van der Waals surface area contributed by atoms with Gasteiger partial charge < -0.3 is 9.80 Å². The number of halogens is 1. The lowest BCUT2D eigenvalue weighted by Crippen LogP contribution is -2.52. The molecule has 196 valence electrons. The molecule has 0 radical (unpaired) electrons. The van der Waals surface area contributed by atoms with Crippen molar-refractivity contribution in [2.75, 3.05) is 13.1 Å². The summed E-state index contributed by atoms with van der Waals surface area (Å²) < 4.78 is 14.8. The highest BCUT2D eigenvalue weighted by Crippen LogP contribution is 2.33. The number of carbonyl (C=O) groups is 3. The van der Waals surface area contributed by atoms with Crippen LogP contribution in [0.1, 0.15) is 79.2 Å². The molecule has 5 rings (SSSR count). The number of hydrogen-bond donors (Lipinski definition) is 1. The number of rotatable bonds is 5. The molecule has 3 aliphatic rings. The molecule has 2 bridgehead atoms. The molecule has 2 amide bonds. The van der Waals surface area contributed by atoms with Crippen LogP contribution in [0.15, 0.2) is 23.0 Å². The number of nitrogens with zero attached hydrogens (tertiary/aromatic N) is 3. The van der Waals surface area contributed by atoms with E-state index in [1.807, 2.05) is 20.8 Å². The van der Waals surface area contributed by atoms with Gasteiger partial charge in [0.05, 0.1) is 23.3 Å². The zero-order chi connectivity index (χ0) is 26.5. The first-order chi connectivity index (χ1) is 17.5. The summed E-state index contributed by atoms with van der Waals surface area (Å²) in [4.78, 5) is 54.0. The number of amides is 2. The molecule has 0 spiro atoms. The first-order valence-electron chi connectivity index (χ1n) is 13.0. The van der Waals surface area contributed by atoms with Gasteiger partial charge in [0, 0.05) is 31.5 Å². The van der Waals surface area contributed by atoms with E-state index in [1.54, 1.807) is 21.9 Å². The van der Waals surface area contributed by atoms with Crippen molar-refractivity contribution in [3.8, 4) is 0 Å². The van der Waals surface area contributed by atoms with Gasteiger partial charge in [-0.3, -0.25) is 19.2 Å². The number of likely N-dealkylation sites (tertiary alicyclic amines) is 2. The Bertz CT molecular complexity index is 1330. The Balaban J connectivity index is 1.30. The van der Waals surface area contributed by atoms with Crippen LogP contribution in [0.3, 0.4) is 0 Å². The lowest BCUT2D eigenvalue weighted by Gasteiger charge is -2.34. The molecule has 1 N–H and O–H groups in total. The number of aromatic amines is 1. The predicted molar refractivity (Wildman–Crippen MR) is 135 cm³/mol. The number of nitrogens with one attached hydrogen (secondary N) is 1. The van der Waals surface area contributed by atoms with Crippen LogP contribution in [0.4, 0.5) is 4.39 Å². The minimum absolute atomic E-state index is 0.00923. The van der Waals surface area contributed by atoms with Gasteiger partial charge >= 0.3 is 0 Å². The van der Waals surface area contributed by atoms with Gasteiger partial charge in [0.15, 0.2) is 0 Å². The van der Waals surface area contributed by atoms with Gasteiger partial charge in [-0.25, -0.2) is 9.49 Å². The fourth-order valence-corrected chi connectivity index (χ4v) is 5.95. The zero-order valence-corrected chi connectivity index (χ0v) is 21.6. The van der Waals surface area contributed by atoms with Gasteiger partial charge in [0.1, 0.15) is 5.82 Å². The number of carbonyl (C=O) groups excluding carboxylic acids is 3. The van der Waals surface area contributed by atoms with E-state index < -0.39 is 23.4 Å². The number of fused-ring (bicyclic) bond motifs is 3. The second-order valence-corrected chi connectivity index (χ2v) is 11.8. The lowest BCUT2D eigenvalue weighted by molar-refractivity contribution is -0.147. The highest BCUT2D eigenvalue weighted by atomic mass is 19.1. The molecule has 2 atom stereocenters. The number of aromatic nitrogens is 2. The van der Waals surface area contributed by atoms with Crippen molar-refractivity contribution in [1.82, 2.24) is 20.0 Å². The van der Waals surface area contributed by atoms with Gasteiger partial charge in [-0.15, -0.1) is 0 Å². The van der Waals surface area contributed by atoms with Crippen molar-refractivity contribution in [2.45, 2.75) is 77.8 Å². The second kappa shape index (κ2) is 9.50. The molecular weight excluding hydrogens is 475 g/mol. The van der Waals surface area contributed by atoms with E-state index in [0.29, 0.717) is 19.4 Å². The van der Waals surface area contributed by atoms with Crippen molar-refractivity contribution in [3.05, 3.63) is 62.3 Å². The maximum absolute atomic E-state index is 14.8. The molecule has 0 unspecified atom stereocenters.